The zero-order valence-electron chi connectivity index (χ0n) is 12.8. The van der Waals surface area contributed by atoms with E-state index in [1.54, 1.807) is 0 Å². The maximum absolute atomic E-state index is 5.59. The van der Waals surface area contributed by atoms with Crippen LogP contribution in [0, 0.1) is 0 Å². The molecule has 0 aromatic carbocycles. The molecule has 1 aliphatic rings. The Morgan fingerprint density at radius 3 is 2.17 bits per heavy atom. The van der Waals surface area contributed by atoms with Gasteiger partial charge in [-0.25, -0.2) is 9.78 Å². The van der Waals surface area contributed by atoms with Crippen LogP contribution >= 0.6 is 0 Å². The highest BCUT2D eigenvalue weighted by Gasteiger charge is 2.38. The minimum atomic E-state index is 0.123. The van der Waals surface area contributed by atoms with Gasteiger partial charge in [-0.3, -0.25) is 0 Å². The van der Waals surface area contributed by atoms with E-state index in [1.807, 2.05) is 0 Å². The highest BCUT2D eigenvalue weighted by atomic mass is 17.2. The number of nitrogens with one attached hydrogen (secondary N) is 1. The summed E-state index contributed by atoms with van der Waals surface area (Å²) in [4.78, 5) is 11.0. The smallest absolute Gasteiger partial charge is 0.0964 e. The average molecular weight is 257 g/mol. The third-order valence-electron chi connectivity index (χ3n) is 3.44. The van der Waals surface area contributed by atoms with E-state index in [4.69, 9.17) is 9.78 Å². The Kier molecular flexibility index (Phi) is 6.09. The number of hydrogen-bond donors (Lipinski definition) is 1. The van der Waals surface area contributed by atoms with Crippen molar-refractivity contribution in [3.05, 3.63) is 0 Å². The predicted octanol–water partition coefficient (Wildman–Crippen LogP) is 3.82. The topological polar surface area (TPSA) is 30.5 Å². The largest absolute Gasteiger partial charge is 0.307 e. The second-order valence-electron chi connectivity index (χ2n) is 6.90. The Balaban J connectivity index is 2.21. The molecule has 0 aliphatic carbocycles. The van der Waals surface area contributed by atoms with Crippen molar-refractivity contribution in [2.24, 2.45) is 0 Å². The van der Waals surface area contributed by atoms with E-state index in [0.29, 0.717) is 0 Å². The molecule has 0 amide bonds. The van der Waals surface area contributed by atoms with E-state index < -0.39 is 0 Å². The summed E-state index contributed by atoms with van der Waals surface area (Å²) in [6.45, 7) is 11.9. The van der Waals surface area contributed by atoms with E-state index in [2.05, 4.69) is 39.9 Å². The zero-order valence-corrected chi connectivity index (χ0v) is 12.8. The number of unbranched alkanes of at least 4 members (excludes halogenated alkanes) is 3. The summed E-state index contributed by atoms with van der Waals surface area (Å²) >= 11 is 0. The molecule has 3 heteroatoms. The molecule has 1 heterocycles. The van der Waals surface area contributed by atoms with Gasteiger partial charge >= 0.3 is 0 Å². The van der Waals surface area contributed by atoms with Crippen molar-refractivity contribution in [2.45, 2.75) is 90.3 Å². The van der Waals surface area contributed by atoms with Crippen LogP contribution in [-0.2, 0) is 9.78 Å². The van der Waals surface area contributed by atoms with E-state index in [-0.39, 0.29) is 17.2 Å². The van der Waals surface area contributed by atoms with Gasteiger partial charge in [0, 0.05) is 11.1 Å². The molecule has 0 bridgehead atoms. The van der Waals surface area contributed by atoms with Crippen molar-refractivity contribution in [1.29, 1.82) is 0 Å². The van der Waals surface area contributed by atoms with Gasteiger partial charge in [0.05, 0.1) is 12.7 Å². The molecule has 0 unspecified atom stereocenters. The van der Waals surface area contributed by atoms with Gasteiger partial charge in [0.15, 0.2) is 0 Å². The van der Waals surface area contributed by atoms with Crippen molar-refractivity contribution in [3.63, 3.8) is 0 Å². The summed E-state index contributed by atoms with van der Waals surface area (Å²) in [5, 5.41) is 3.64. The summed E-state index contributed by atoms with van der Waals surface area (Å²) in [7, 11) is 0. The Bertz CT molecular complexity index is 223. The lowest BCUT2D eigenvalue weighted by molar-refractivity contribution is -0.334. The van der Waals surface area contributed by atoms with Gasteiger partial charge in [-0.2, -0.15) is 0 Å². The summed E-state index contributed by atoms with van der Waals surface area (Å²) in [6.07, 6.45) is 7.11. The fourth-order valence-corrected chi connectivity index (χ4v) is 3.03. The van der Waals surface area contributed by atoms with Crippen molar-refractivity contribution in [3.8, 4) is 0 Å². The first-order chi connectivity index (χ1) is 8.35. The quantitative estimate of drug-likeness (QED) is 0.427. The molecule has 18 heavy (non-hydrogen) atoms. The number of piperidine rings is 1. The van der Waals surface area contributed by atoms with Crippen LogP contribution in [0.1, 0.15) is 73.1 Å². The van der Waals surface area contributed by atoms with Crippen LogP contribution in [-0.4, -0.2) is 23.8 Å². The Morgan fingerprint density at radius 1 is 1.00 bits per heavy atom. The highest BCUT2D eigenvalue weighted by molar-refractivity contribution is 4.97. The maximum atomic E-state index is 5.59. The summed E-state index contributed by atoms with van der Waals surface area (Å²) in [5.41, 5.74) is 0.246. The van der Waals surface area contributed by atoms with Gasteiger partial charge < -0.3 is 5.32 Å². The van der Waals surface area contributed by atoms with Crippen LogP contribution in [0.4, 0.5) is 0 Å². The second-order valence-corrected chi connectivity index (χ2v) is 6.90. The lowest BCUT2D eigenvalue weighted by Gasteiger charge is -2.45. The molecule has 1 saturated heterocycles. The lowest BCUT2D eigenvalue weighted by atomic mass is 9.81. The lowest BCUT2D eigenvalue weighted by Crippen LogP contribution is -2.59. The van der Waals surface area contributed by atoms with E-state index in [1.165, 1.54) is 19.3 Å². The Labute approximate surface area is 113 Å². The van der Waals surface area contributed by atoms with Crippen LogP contribution in [0.25, 0.3) is 0 Å². The molecule has 0 aromatic heterocycles. The Hall–Kier alpha value is -0.120. The first-order valence-electron chi connectivity index (χ1n) is 7.42. The summed E-state index contributed by atoms with van der Waals surface area (Å²) in [5.74, 6) is 0. The molecule has 108 valence electrons. The van der Waals surface area contributed by atoms with Gasteiger partial charge in [-0.05, 0) is 47.0 Å². The molecular formula is C15H31NO2. The molecule has 0 atom stereocenters. The van der Waals surface area contributed by atoms with Gasteiger partial charge in [-0.15, -0.1) is 0 Å². The number of rotatable bonds is 7. The van der Waals surface area contributed by atoms with Crippen LogP contribution in [0.3, 0.4) is 0 Å². The molecule has 0 spiro atoms. The van der Waals surface area contributed by atoms with Crippen LogP contribution in [0.2, 0.25) is 0 Å². The SMILES string of the molecule is CCCCCCOOC1CC(C)(C)NC(C)(C)C1. The number of hydrogen-bond acceptors (Lipinski definition) is 3. The molecule has 1 aliphatic heterocycles. The van der Waals surface area contributed by atoms with Crippen molar-refractivity contribution in [2.75, 3.05) is 6.61 Å². The van der Waals surface area contributed by atoms with Crippen LogP contribution < -0.4 is 5.32 Å². The third-order valence-corrected chi connectivity index (χ3v) is 3.44. The summed E-state index contributed by atoms with van der Waals surface area (Å²) in [6, 6.07) is 0. The zero-order chi connectivity index (χ0) is 13.6. The first kappa shape index (κ1) is 15.9. The van der Waals surface area contributed by atoms with Crippen molar-refractivity contribution < 1.29 is 9.78 Å². The highest BCUT2D eigenvalue weighted by Crippen LogP contribution is 2.30. The van der Waals surface area contributed by atoms with E-state index >= 15 is 0 Å². The van der Waals surface area contributed by atoms with Gasteiger partial charge in [0.25, 0.3) is 0 Å². The monoisotopic (exact) mass is 257 g/mol. The fourth-order valence-electron chi connectivity index (χ4n) is 3.03. The normalized spacial score (nSPS) is 23.2. The van der Waals surface area contributed by atoms with E-state index in [0.717, 1.165) is 25.9 Å². The standard InChI is InChI=1S/C15H31NO2/c1-6-7-8-9-10-17-18-13-11-14(2,3)16-15(4,5)12-13/h13,16H,6-12H2,1-5H3. The van der Waals surface area contributed by atoms with Crippen molar-refractivity contribution >= 4 is 0 Å². The van der Waals surface area contributed by atoms with Gasteiger partial charge in [0.1, 0.15) is 0 Å². The fraction of sp³-hybridized carbons (Fsp3) is 1.00. The molecule has 0 saturated carbocycles. The molecule has 0 aromatic rings. The molecular weight excluding hydrogens is 226 g/mol. The van der Waals surface area contributed by atoms with E-state index in [9.17, 15) is 0 Å². The molecule has 0 radical (unpaired) electrons. The second kappa shape index (κ2) is 6.88. The Morgan fingerprint density at radius 2 is 1.61 bits per heavy atom. The van der Waals surface area contributed by atoms with Crippen LogP contribution in [0.15, 0.2) is 0 Å². The molecule has 1 rings (SSSR count). The molecule has 1 N–H and O–H groups in total. The third kappa shape index (κ3) is 6.17. The van der Waals surface area contributed by atoms with Crippen molar-refractivity contribution in [1.82, 2.24) is 5.32 Å². The minimum Gasteiger partial charge on any atom is -0.307 e. The minimum absolute atomic E-state index is 0.123. The average Bonchev–Trinajstić information content (AvgIpc) is 2.18. The van der Waals surface area contributed by atoms with Gasteiger partial charge in [0.2, 0.25) is 0 Å². The van der Waals surface area contributed by atoms with Crippen LogP contribution in [0.5, 0.6) is 0 Å². The molecule has 1 fully saturated rings. The maximum Gasteiger partial charge on any atom is 0.0964 e. The first-order valence-corrected chi connectivity index (χ1v) is 7.42. The summed E-state index contributed by atoms with van der Waals surface area (Å²) < 4.78 is 0. The van der Waals surface area contributed by atoms with Gasteiger partial charge in [-0.1, -0.05) is 26.2 Å². The molecule has 3 nitrogen and oxygen atoms in total. The predicted molar refractivity (Wildman–Crippen MR) is 75.5 cm³/mol.